The van der Waals surface area contributed by atoms with E-state index in [2.05, 4.69) is 17.1 Å². The van der Waals surface area contributed by atoms with Crippen LogP contribution in [0.2, 0.25) is 0 Å². The molecule has 2 saturated heterocycles. The van der Waals surface area contributed by atoms with Gasteiger partial charge in [0.2, 0.25) is 0 Å². The Morgan fingerprint density at radius 3 is 3.08 bits per heavy atom. The Balaban J connectivity index is 1.95. The molecule has 4 heteroatoms. The van der Waals surface area contributed by atoms with Crippen molar-refractivity contribution in [1.82, 2.24) is 10.2 Å². The van der Waals surface area contributed by atoms with Gasteiger partial charge in [0.05, 0.1) is 6.61 Å². The van der Waals surface area contributed by atoms with E-state index in [1.54, 1.807) is 0 Å². The van der Waals surface area contributed by atoms with Crippen LogP contribution in [-0.2, 0) is 9.53 Å². The average molecular weight is 184 g/mol. The molecule has 2 atom stereocenters. The monoisotopic (exact) mass is 184 g/mol. The van der Waals surface area contributed by atoms with Crippen LogP contribution in [0.1, 0.15) is 13.3 Å². The van der Waals surface area contributed by atoms with Crippen molar-refractivity contribution in [3.63, 3.8) is 0 Å². The molecule has 0 aromatic rings. The SMILES string of the molecule is CC1CN(C2CCOC2=O)CCN1. The summed E-state index contributed by atoms with van der Waals surface area (Å²) < 4.78 is 4.95. The Hall–Kier alpha value is -0.610. The first-order valence-corrected chi connectivity index (χ1v) is 4.91. The Labute approximate surface area is 78.2 Å². The summed E-state index contributed by atoms with van der Waals surface area (Å²) in [7, 11) is 0. The van der Waals surface area contributed by atoms with Crippen LogP contribution in [0.25, 0.3) is 0 Å². The summed E-state index contributed by atoms with van der Waals surface area (Å²) in [6, 6.07) is 0.520. The first-order chi connectivity index (χ1) is 6.27. The largest absolute Gasteiger partial charge is 0.464 e. The average Bonchev–Trinajstić information content (AvgIpc) is 2.51. The van der Waals surface area contributed by atoms with Gasteiger partial charge in [0.25, 0.3) is 0 Å². The lowest BCUT2D eigenvalue weighted by atomic mass is 10.1. The van der Waals surface area contributed by atoms with Crippen molar-refractivity contribution >= 4 is 5.97 Å². The predicted molar refractivity (Wildman–Crippen MR) is 48.4 cm³/mol. The number of rotatable bonds is 1. The minimum atomic E-state index is -0.0332. The molecule has 2 aliphatic heterocycles. The van der Waals surface area contributed by atoms with E-state index in [1.807, 2.05) is 0 Å². The number of cyclic esters (lactones) is 1. The lowest BCUT2D eigenvalue weighted by Gasteiger charge is -2.34. The number of hydrogen-bond acceptors (Lipinski definition) is 4. The zero-order chi connectivity index (χ0) is 9.26. The van der Waals surface area contributed by atoms with Gasteiger partial charge in [-0.1, -0.05) is 0 Å². The van der Waals surface area contributed by atoms with Crippen LogP contribution in [0.15, 0.2) is 0 Å². The summed E-state index contributed by atoms with van der Waals surface area (Å²) in [5, 5.41) is 3.36. The summed E-state index contributed by atoms with van der Waals surface area (Å²) in [4.78, 5) is 13.5. The fourth-order valence-corrected chi connectivity index (χ4v) is 2.06. The Kier molecular flexibility index (Phi) is 2.51. The second-order valence-corrected chi connectivity index (χ2v) is 3.82. The van der Waals surface area contributed by atoms with Crippen molar-refractivity contribution in [1.29, 1.82) is 0 Å². The number of carbonyl (C=O) groups is 1. The molecule has 0 aliphatic carbocycles. The number of carbonyl (C=O) groups excluding carboxylic acids is 1. The molecule has 2 rings (SSSR count). The van der Waals surface area contributed by atoms with Crippen LogP contribution < -0.4 is 5.32 Å². The third-order valence-electron chi connectivity index (χ3n) is 2.75. The number of ether oxygens (including phenoxy) is 1. The van der Waals surface area contributed by atoms with Crippen LogP contribution in [0.5, 0.6) is 0 Å². The Morgan fingerprint density at radius 1 is 1.62 bits per heavy atom. The highest BCUT2D eigenvalue weighted by Gasteiger charge is 2.33. The van der Waals surface area contributed by atoms with E-state index in [9.17, 15) is 4.79 Å². The number of esters is 1. The molecule has 0 bridgehead atoms. The van der Waals surface area contributed by atoms with Gasteiger partial charge in [-0.25, -0.2) is 0 Å². The topological polar surface area (TPSA) is 41.6 Å². The Bertz CT molecular complexity index is 208. The first kappa shape index (κ1) is 8.97. The van der Waals surface area contributed by atoms with E-state index in [-0.39, 0.29) is 12.0 Å². The second kappa shape index (κ2) is 3.64. The van der Waals surface area contributed by atoms with E-state index in [1.165, 1.54) is 0 Å². The number of hydrogen-bond donors (Lipinski definition) is 1. The fourth-order valence-electron chi connectivity index (χ4n) is 2.06. The molecule has 2 heterocycles. The minimum Gasteiger partial charge on any atom is -0.464 e. The van der Waals surface area contributed by atoms with Gasteiger partial charge in [0, 0.05) is 32.1 Å². The third-order valence-corrected chi connectivity index (χ3v) is 2.75. The summed E-state index contributed by atoms with van der Waals surface area (Å²) in [5.41, 5.74) is 0. The molecule has 2 unspecified atom stereocenters. The van der Waals surface area contributed by atoms with Crippen LogP contribution in [0, 0.1) is 0 Å². The molecule has 0 saturated carbocycles. The van der Waals surface area contributed by atoms with Crippen molar-refractivity contribution < 1.29 is 9.53 Å². The van der Waals surface area contributed by atoms with Crippen LogP contribution in [0.4, 0.5) is 0 Å². The highest BCUT2D eigenvalue weighted by atomic mass is 16.5. The predicted octanol–water partition coefficient (Wildman–Crippen LogP) is -0.404. The molecular formula is C9H16N2O2. The third kappa shape index (κ3) is 1.84. The molecule has 4 nitrogen and oxygen atoms in total. The van der Waals surface area contributed by atoms with Crippen molar-refractivity contribution in [2.45, 2.75) is 25.4 Å². The minimum absolute atomic E-state index is 0.0320. The first-order valence-electron chi connectivity index (χ1n) is 4.91. The number of nitrogens with one attached hydrogen (secondary N) is 1. The van der Waals surface area contributed by atoms with Crippen molar-refractivity contribution in [2.75, 3.05) is 26.2 Å². The van der Waals surface area contributed by atoms with E-state index in [4.69, 9.17) is 4.74 Å². The van der Waals surface area contributed by atoms with Crippen LogP contribution >= 0.6 is 0 Å². The molecule has 0 aromatic heterocycles. The zero-order valence-electron chi connectivity index (χ0n) is 7.95. The van der Waals surface area contributed by atoms with Gasteiger partial charge in [0.15, 0.2) is 0 Å². The maximum atomic E-state index is 11.3. The quantitative estimate of drug-likeness (QED) is 0.563. The maximum absolute atomic E-state index is 11.3. The lowest BCUT2D eigenvalue weighted by Crippen LogP contribution is -2.53. The molecule has 2 fully saturated rings. The van der Waals surface area contributed by atoms with Gasteiger partial charge in [-0.3, -0.25) is 9.69 Å². The molecule has 0 spiro atoms. The highest BCUT2D eigenvalue weighted by molar-refractivity contribution is 5.77. The molecule has 74 valence electrons. The molecule has 2 aliphatic rings. The normalized spacial score (nSPS) is 36.2. The van der Waals surface area contributed by atoms with Gasteiger partial charge >= 0.3 is 5.97 Å². The second-order valence-electron chi connectivity index (χ2n) is 3.82. The summed E-state index contributed by atoms with van der Waals surface area (Å²) >= 11 is 0. The molecule has 1 N–H and O–H groups in total. The summed E-state index contributed by atoms with van der Waals surface area (Å²) in [6.07, 6.45) is 0.867. The van der Waals surface area contributed by atoms with Crippen LogP contribution in [-0.4, -0.2) is 49.2 Å². The van der Waals surface area contributed by atoms with E-state index in [0.717, 1.165) is 26.1 Å². The zero-order valence-corrected chi connectivity index (χ0v) is 7.95. The molecule has 13 heavy (non-hydrogen) atoms. The summed E-state index contributed by atoms with van der Waals surface area (Å²) in [5.74, 6) is -0.0332. The van der Waals surface area contributed by atoms with E-state index in [0.29, 0.717) is 12.6 Å². The van der Waals surface area contributed by atoms with Gasteiger partial charge < -0.3 is 10.1 Å². The van der Waals surface area contributed by atoms with E-state index >= 15 is 0 Å². The molecular weight excluding hydrogens is 168 g/mol. The van der Waals surface area contributed by atoms with Gasteiger partial charge in [-0.2, -0.15) is 0 Å². The highest BCUT2D eigenvalue weighted by Crippen LogP contribution is 2.15. The van der Waals surface area contributed by atoms with Crippen molar-refractivity contribution in [3.05, 3.63) is 0 Å². The van der Waals surface area contributed by atoms with E-state index < -0.39 is 0 Å². The van der Waals surface area contributed by atoms with Crippen molar-refractivity contribution in [2.24, 2.45) is 0 Å². The molecule has 0 radical (unpaired) electrons. The Morgan fingerprint density at radius 2 is 2.46 bits per heavy atom. The summed E-state index contributed by atoms with van der Waals surface area (Å²) in [6.45, 7) is 5.64. The number of nitrogens with zero attached hydrogens (tertiary/aromatic N) is 1. The van der Waals surface area contributed by atoms with Gasteiger partial charge in [0.1, 0.15) is 6.04 Å². The lowest BCUT2D eigenvalue weighted by molar-refractivity contribution is -0.142. The standard InChI is InChI=1S/C9H16N2O2/c1-7-6-11(4-3-10-7)8-2-5-13-9(8)12/h7-8,10H,2-6H2,1H3. The number of piperazine rings is 1. The molecule has 0 amide bonds. The smallest absolute Gasteiger partial charge is 0.323 e. The van der Waals surface area contributed by atoms with Gasteiger partial charge in [-0.15, -0.1) is 0 Å². The van der Waals surface area contributed by atoms with Gasteiger partial charge in [-0.05, 0) is 6.92 Å². The van der Waals surface area contributed by atoms with Crippen LogP contribution in [0.3, 0.4) is 0 Å². The van der Waals surface area contributed by atoms with Crippen molar-refractivity contribution in [3.8, 4) is 0 Å². The molecule has 0 aromatic carbocycles. The maximum Gasteiger partial charge on any atom is 0.323 e. The fraction of sp³-hybridized carbons (Fsp3) is 0.889.